The highest BCUT2D eigenvalue weighted by molar-refractivity contribution is 9.10. The molecule has 0 heterocycles. The number of halogens is 8. The van der Waals surface area contributed by atoms with E-state index in [-0.39, 0.29) is 10.0 Å². The van der Waals surface area contributed by atoms with Gasteiger partial charge in [-0.2, -0.15) is 22.0 Å². The molecule has 0 spiro atoms. The molecule has 0 saturated carbocycles. The molecule has 10 heteroatoms. The van der Waals surface area contributed by atoms with Crippen LogP contribution in [0.15, 0.2) is 16.6 Å². The smallest absolute Gasteiger partial charge is 0.319 e. The molecule has 0 aliphatic carbocycles. The van der Waals surface area contributed by atoms with Crippen LogP contribution in [0.3, 0.4) is 0 Å². The molecule has 1 N–H and O–H groups in total. The van der Waals surface area contributed by atoms with Gasteiger partial charge in [0, 0.05) is 4.47 Å². The zero-order chi connectivity index (χ0) is 15.0. The first-order valence-electron chi connectivity index (χ1n) is 4.38. The molecule has 0 unspecified atom stereocenters. The summed E-state index contributed by atoms with van der Waals surface area (Å²) in [5, 5.41) is 0.890. The van der Waals surface area contributed by atoms with E-state index in [2.05, 4.69) is 15.9 Å². The molecule has 1 rings (SSSR count). The van der Waals surface area contributed by atoms with Gasteiger partial charge in [-0.1, -0.05) is 23.2 Å². The molecule has 0 aliphatic rings. The van der Waals surface area contributed by atoms with Crippen molar-refractivity contribution >= 4 is 50.7 Å². The molecule has 0 aromatic heterocycles. The predicted molar refractivity (Wildman–Crippen MR) is 63.8 cm³/mol. The van der Waals surface area contributed by atoms with Gasteiger partial charge in [-0.05, 0) is 28.1 Å². The molecule has 1 amide bonds. The number of alkyl halides is 5. The molecular formula is C9H3BrCl2F5NO. The van der Waals surface area contributed by atoms with Crippen LogP contribution in [-0.2, 0) is 4.79 Å². The number of rotatable bonds is 2. The molecule has 1 aromatic rings. The predicted octanol–water partition coefficient (Wildman–Crippen LogP) is 4.89. The number of hydrogen-bond donors (Lipinski definition) is 1. The van der Waals surface area contributed by atoms with E-state index in [1.807, 2.05) is 0 Å². The molecule has 0 atom stereocenters. The third kappa shape index (κ3) is 3.29. The molecule has 2 nitrogen and oxygen atoms in total. The van der Waals surface area contributed by atoms with Crippen LogP contribution in [0.2, 0.25) is 10.0 Å². The van der Waals surface area contributed by atoms with Crippen molar-refractivity contribution in [1.29, 1.82) is 0 Å². The van der Waals surface area contributed by atoms with Gasteiger partial charge in [0.15, 0.2) is 0 Å². The topological polar surface area (TPSA) is 29.1 Å². The van der Waals surface area contributed by atoms with Gasteiger partial charge in [-0.3, -0.25) is 4.79 Å². The lowest BCUT2D eigenvalue weighted by molar-refractivity contribution is -0.267. The van der Waals surface area contributed by atoms with Gasteiger partial charge in [-0.15, -0.1) is 0 Å². The Kier molecular flexibility index (Phi) is 4.69. The fourth-order valence-corrected chi connectivity index (χ4v) is 1.77. The first kappa shape index (κ1) is 16.5. The van der Waals surface area contributed by atoms with Crippen LogP contribution in [-0.4, -0.2) is 18.0 Å². The average molecular weight is 387 g/mol. The van der Waals surface area contributed by atoms with Gasteiger partial charge < -0.3 is 5.32 Å². The second-order valence-corrected chi connectivity index (χ2v) is 4.86. The van der Waals surface area contributed by atoms with Crippen LogP contribution in [0.5, 0.6) is 0 Å². The van der Waals surface area contributed by atoms with E-state index < -0.39 is 23.7 Å². The molecule has 19 heavy (non-hydrogen) atoms. The maximum absolute atomic E-state index is 12.7. The third-order valence-corrected chi connectivity index (χ3v) is 3.70. The molecule has 0 saturated heterocycles. The number of benzene rings is 1. The maximum atomic E-state index is 12.7. The minimum absolute atomic E-state index is 0.130. The molecule has 106 valence electrons. The van der Waals surface area contributed by atoms with Crippen LogP contribution in [0.4, 0.5) is 27.6 Å². The number of carbonyl (C=O) groups is 1. The first-order chi connectivity index (χ1) is 8.48. The van der Waals surface area contributed by atoms with E-state index in [9.17, 15) is 26.7 Å². The summed E-state index contributed by atoms with van der Waals surface area (Å²) in [6.07, 6.45) is -6.00. The summed E-state index contributed by atoms with van der Waals surface area (Å²) in [6.45, 7) is 0. The lowest BCUT2D eigenvalue weighted by Crippen LogP contribution is -2.47. The monoisotopic (exact) mass is 385 g/mol. The fraction of sp³-hybridized carbons (Fsp3) is 0.222. The maximum Gasteiger partial charge on any atom is 0.463 e. The third-order valence-electron chi connectivity index (χ3n) is 1.92. The summed E-state index contributed by atoms with van der Waals surface area (Å²) < 4.78 is 61.5. The van der Waals surface area contributed by atoms with Crippen LogP contribution < -0.4 is 5.32 Å². The van der Waals surface area contributed by atoms with Gasteiger partial charge in [0.1, 0.15) is 0 Å². The Morgan fingerprint density at radius 2 is 1.63 bits per heavy atom. The largest absolute Gasteiger partial charge is 0.463 e. The Labute approximate surface area is 122 Å². The summed E-state index contributed by atoms with van der Waals surface area (Å²) in [5.74, 6) is -8.07. The Hall–Kier alpha value is -0.600. The molecule has 0 radical (unpaired) electrons. The molecule has 0 bridgehead atoms. The van der Waals surface area contributed by atoms with Crippen molar-refractivity contribution in [2.75, 3.05) is 5.32 Å². The van der Waals surface area contributed by atoms with Crippen LogP contribution in [0.25, 0.3) is 0 Å². The summed E-state index contributed by atoms with van der Waals surface area (Å²) in [6, 6.07) is 2.26. The average Bonchev–Trinajstić information content (AvgIpc) is 2.28. The standard InChI is InChI=1S/C9H3BrCl2F5NO/c10-3-1-2-4(6(12)5(3)11)18-7(19)8(13,14)9(15,16)17/h1-2H,(H,18,19). The Bertz CT molecular complexity index is 520. The summed E-state index contributed by atoms with van der Waals surface area (Å²) in [4.78, 5) is 10.9. The Morgan fingerprint density at radius 1 is 1.11 bits per heavy atom. The number of carbonyl (C=O) groups excluding carboxylic acids is 1. The number of amides is 1. The van der Waals surface area contributed by atoms with Crippen molar-refractivity contribution in [1.82, 2.24) is 0 Å². The highest BCUT2D eigenvalue weighted by atomic mass is 79.9. The van der Waals surface area contributed by atoms with E-state index in [0.717, 1.165) is 6.07 Å². The molecule has 0 fully saturated rings. The van der Waals surface area contributed by atoms with Crippen LogP contribution in [0.1, 0.15) is 0 Å². The van der Waals surface area contributed by atoms with E-state index in [0.29, 0.717) is 4.47 Å². The Balaban J connectivity index is 3.05. The summed E-state index contributed by atoms with van der Waals surface area (Å²) in [5.41, 5.74) is -0.455. The summed E-state index contributed by atoms with van der Waals surface area (Å²) >= 11 is 14.2. The zero-order valence-electron chi connectivity index (χ0n) is 8.59. The van der Waals surface area contributed by atoms with Crippen molar-refractivity contribution < 1.29 is 26.7 Å². The Morgan fingerprint density at radius 3 is 2.11 bits per heavy atom. The normalized spacial score (nSPS) is 12.4. The second-order valence-electron chi connectivity index (χ2n) is 3.25. The van der Waals surface area contributed by atoms with Gasteiger partial charge in [0.05, 0.1) is 15.7 Å². The van der Waals surface area contributed by atoms with Crippen molar-refractivity contribution in [3.63, 3.8) is 0 Å². The highest BCUT2D eigenvalue weighted by Gasteiger charge is 2.63. The van der Waals surface area contributed by atoms with Crippen molar-refractivity contribution in [3.05, 3.63) is 26.7 Å². The first-order valence-corrected chi connectivity index (χ1v) is 5.93. The number of hydrogen-bond acceptors (Lipinski definition) is 1. The molecular weight excluding hydrogens is 384 g/mol. The van der Waals surface area contributed by atoms with Crippen LogP contribution >= 0.6 is 39.1 Å². The van der Waals surface area contributed by atoms with Crippen molar-refractivity contribution in [3.8, 4) is 0 Å². The van der Waals surface area contributed by atoms with Crippen LogP contribution in [0, 0.1) is 0 Å². The van der Waals surface area contributed by atoms with E-state index in [1.54, 1.807) is 0 Å². The fourth-order valence-electron chi connectivity index (χ4n) is 0.952. The number of nitrogens with one attached hydrogen (secondary N) is 1. The van der Waals surface area contributed by atoms with Crippen molar-refractivity contribution in [2.24, 2.45) is 0 Å². The molecule has 0 aliphatic heterocycles. The minimum Gasteiger partial charge on any atom is -0.319 e. The van der Waals surface area contributed by atoms with Crippen molar-refractivity contribution in [2.45, 2.75) is 12.1 Å². The van der Waals surface area contributed by atoms with Gasteiger partial charge in [-0.25, -0.2) is 0 Å². The second kappa shape index (κ2) is 5.41. The lowest BCUT2D eigenvalue weighted by Gasteiger charge is -2.19. The SMILES string of the molecule is O=C(Nc1ccc(Br)c(Cl)c1Cl)C(F)(F)C(F)(F)F. The van der Waals surface area contributed by atoms with E-state index >= 15 is 0 Å². The lowest BCUT2D eigenvalue weighted by atomic mass is 10.2. The molecule has 1 aromatic carbocycles. The zero-order valence-corrected chi connectivity index (χ0v) is 11.7. The van der Waals surface area contributed by atoms with E-state index in [4.69, 9.17) is 23.2 Å². The highest BCUT2D eigenvalue weighted by Crippen LogP contribution is 2.39. The minimum atomic E-state index is -6.00. The van der Waals surface area contributed by atoms with E-state index in [1.165, 1.54) is 11.4 Å². The number of anilines is 1. The van der Waals surface area contributed by atoms with Gasteiger partial charge in [0.25, 0.3) is 0 Å². The quantitative estimate of drug-likeness (QED) is 0.569. The summed E-state index contributed by atoms with van der Waals surface area (Å²) in [7, 11) is 0. The van der Waals surface area contributed by atoms with Gasteiger partial charge >= 0.3 is 18.0 Å². The van der Waals surface area contributed by atoms with Gasteiger partial charge in [0.2, 0.25) is 0 Å².